The van der Waals surface area contributed by atoms with Gasteiger partial charge in [0.2, 0.25) is 0 Å². The number of aryl methyl sites for hydroxylation is 1. The first kappa shape index (κ1) is 12.7. The molecule has 0 amide bonds. The van der Waals surface area contributed by atoms with Crippen molar-refractivity contribution in [1.29, 1.82) is 0 Å². The fourth-order valence-corrected chi connectivity index (χ4v) is 2.26. The highest BCUT2D eigenvalue weighted by atomic mass is 14.9. The molecule has 94 valence electrons. The molecule has 0 bridgehead atoms. The van der Waals surface area contributed by atoms with Gasteiger partial charge in [-0.1, -0.05) is 42.0 Å². The Balaban J connectivity index is 2.12. The van der Waals surface area contributed by atoms with Crippen LogP contribution in [0.5, 0.6) is 0 Å². The van der Waals surface area contributed by atoms with Crippen molar-refractivity contribution in [2.75, 3.05) is 5.32 Å². The average molecular weight is 239 g/mol. The molecule has 2 rings (SSSR count). The molecule has 1 aliphatic rings. The van der Waals surface area contributed by atoms with Crippen molar-refractivity contribution in [2.45, 2.75) is 33.2 Å². The van der Waals surface area contributed by atoms with Crippen LogP contribution < -0.4 is 5.32 Å². The molecule has 1 N–H and O–H groups in total. The largest absolute Gasteiger partial charge is 0.379 e. The molecule has 0 fully saturated rings. The summed E-state index contributed by atoms with van der Waals surface area (Å²) in [7, 11) is 0. The van der Waals surface area contributed by atoms with E-state index in [1.807, 2.05) is 0 Å². The van der Waals surface area contributed by atoms with Crippen molar-refractivity contribution in [3.8, 4) is 0 Å². The highest BCUT2D eigenvalue weighted by Crippen LogP contribution is 2.25. The second-order valence-electron chi connectivity index (χ2n) is 5.10. The van der Waals surface area contributed by atoms with Crippen molar-refractivity contribution in [1.82, 2.24) is 0 Å². The predicted molar refractivity (Wildman–Crippen MR) is 79.9 cm³/mol. The molecule has 0 spiro atoms. The monoisotopic (exact) mass is 239 g/mol. The molecule has 1 unspecified atom stereocenters. The van der Waals surface area contributed by atoms with Crippen LogP contribution in [-0.2, 0) is 0 Å². The van der Waals surface area contributed by atoms with E-state index in [4.69, 9.17) is 0 Å². The molecule has 0 radical (unpaired) electrons. The van der Waals surface area contributed by atoms with Gasteiger partial charge in [-0.25, -0.2) is 0 Å². The Morgan fingerprint density at radius 2 is 1.89 bits per heavy atom. The standard InChI is InChI=1S/C17H21N/c1-12(2)17-11-16(10-7-14(17)4)18-15-8-5-13(3)6-9-15/h5-9,11,16,18H,1,10H2,2-4H3. The van der Waals surface area contributed by atoms with Crippen molar-refractivity contribution >= 4 is 5.69 Å². The quantitative estimate of drug-likeness (QED) is 0.811. The van der Waals surface area contributed by atoms with Crippen LogP contribution in [0.4, 0.5) is 5.69 Å². The summed E-state index contributed by atoms with van der Waals surface area (Å²) in [4.78, 5) is 0. The molecule has 1 atom stereocenters. The summed E-state index contributed by atoms with van der Waals surface area (Å²) in [5.41, 5.74) is 6.23. The van der Waals surface area contributed by atoms with E-state index in [-0.39, 0.29) is 0 Å². The number of anilines is 1. The van der Waals surface area contributed by atoms with Gasteiger partial charge in [0.15, 0.2) is 0 Å². The van der Waals surface area contributed by atoms with Gasteiger partial charge >= 0.3 is 0 Å². The van der Waals surface area contributed by atoms with Crippen LogP contribution in [0.25, 0.3) is 0 Å². The number of hydrogen-bond donors (Lipinski definition) is 1. The van der Waals surface area contributed by atoms with Gasteiger partial charge in [0, 0.05) is 11.7 Å². The lowest BCUT2D eigenvalue weighted by molar-refractivity contribution is 0.862. The summed E-state index contributed by atoms with van der Waals surface area (Å²) < 4.78 is 0. The van der Waals surface area contributed by atoms with E-state index >= 15 is 0 Å². The first-order valence-electron chi connectivity index (χ1n) is 6.44. The topological polar surface area (TPSA) is 12.0 Å². The van der Waals surface area contributed by atoms with Gasteiger partial charge in [-0.15, -0.1) is 0 Å². The molecule has 0 saturated heterocycles. The SMILES string of the molecule is C=C(C)C1=CC(Nc2ccc(C)cc2)CC=C1C. The molecule has 18 heavy (non-hydrogen) atoms. The van der Waals surface area contributed by atoms with Crippen LogP contribution in [0, 0.1) is 6.92 Å². The van der Waals surface area contributed by atoms with Crippen molar-refractivity contribution in [3.05, 3.63) is 65.3 Å². The predicted octanol–water partition coefficient (Wildman–Crippen LogP) is 4.63. The Morgan fingerprint density at radius 3 is 2.50 bits per heavy atom. The maximum Gasteiger partial charge on any atom is 0.0488 e. The lowest BCUT2D eigenvalue weighted by Gasteiger charge is -2.22. The summed E-state index contributed by atoms with van der Waals surface area (Å²) in [6.45, 7) is 10.4. The third-order valence-electron chi connectivity index (χ3n) is 3.33. The van der Waals surface area contributed by atoms with Crippen LogP contribution in [0.2, 0.25) is 0 Å². The highest BCUT2D eigenvalue weighted by molar-refractivity contribution is 5.51. The molecule has 1 nitrogen and oxygen atoms in total. The number of allylic oxidation sites excluding steroid dienone is 3. The van der Waals surface area contributed by atoms with Gasteiger partial charge in [0.25, 0.3) is 0 Å². The molecule has 0 aliphatic heterocycles. The van der Waals surface area contributed by atoms with Gasteiger partial charge in [-0.3, -0.25) is 0 Å². The van der Waals surface area contributed by atoms with E-state index in [9.17, 15) is 0 Å². The lowest BCUT2D eigenvalue weighted by atomic mass is 9.92. The summed E-state index contributed by atoms with van der Waals surface area (Å²) in [5, 5.41) is 3.55. The maximum atomic E-state index is 4.05. The second kappa shape index (κ2) is 5.26. The second-order valence-corrected chi connectivity index (χ2v) is 5.10. The summed E-state index contributed by atoms with van der Waals surface area (Å²) in [6.07, 6.45) is 5.61. The minimum Gasteiger partial charge on any atom is -0.379 e. The van der Waals surface area contributed by atoms with Crippen molar-refractivity contribution < 1.29 is 0 Å². The van der Waals surface area contributed by atoms with E-state index in [0.717, 1.165) is 12.0 Å². The Morgan fingerprint density at radius 1 is 1.22 bits per heavy atom. The lowest BCUT2D eigenvalue weighted by Crippen LogP contribution is -2.19. The molecule has 1 aliphatic carbocycles. The molecule has 1 aromatic rings. The zero-order chi connectivity index (χ0) is 13.1. The minimum absolute atomic E-state index is 0.364. The number of benzene rings is 1. The molecule has 1 heteroatoms. The van der Waals surface area contributed by atoms with Crippen LogP contribution in [0.15, 0.2) is 59.7 Å². The fourth-order valence-electron chi connectivity index (χ4n) is 2.26. The minimum atomic E-state index is 0.364. The Bertz CT molecular complexity index is 503. The van der Waals surface area contributed by atoms with E-state index in [2.05, 4.69) is 69.1 Å². The van der Waals surface area contributed by atoms with Crippen molar-refractivity contribution in [2.24, 2.45) is 0 Å². The van der Waals surface area contributed by atoms with Crippen LogP contribution in [-0.4, -0.2) is 6.04 Å². The first-order valence-corrected chi connectivity index (χ1v) is 6.44. The van der Waals surface area contributed by atoms with Gasteiger partial charge in [0.05, 0.1) is 0 Å². The third kappa shape index (κ3) is 2.92. The van der Waals surface area contributed by atoms with Gasteiger partial charge in [-0.05, 0) is 50.5 Å². The molecule has 0 saturated carbocycles. The van der Waals surface area contributed by atoms with Crippen LogP contribution in [0.1, 0.15) is 25.8 Å². The summed E-state index contributed by atoms with van der Waals surface area (Å²) in [5.74, 6) is 0. The molecular weight excluding hydrogens is 218 g/mol. The number of nitrogens with one attached hydrogen (secondary N) is 1. The van der Waals surface area contributed by atoms with E-state index in [1.165, 1.54) is 22.4 Å². The Kier molecular flexibility index (Phi) is 3.71. The van der Waals surface area contributed by atoms with Crippen LogP contribution in [0.3, 0.4) is 0 Å². The van der Waals surface area contributed by atoms with Crippen LogP contribution >= 0.6 is 0 Å². The zero-order valence-corrected chi connectivity index (χ0v) is 11.5. The van der Waals surface area contributed by atoms with E-state index < -0.39 is 0 Å². The summed E-state index contributed by atoms with van der Waals surface area (Å²) >= 11 is 0. The number of hydrogen-bond acceptors (Lipinski definition) is 1. The highest BCUT2D eigenvalue weighted by Gasteiger charge is 2.13. The van der Waals surface area contributed by atoms with Gasteiger partial charge in [0.1, 0.15) is 0 Å². The normalized spacial score (nSPS) is 18.9. The zero-order valence-electron chi connectivity index (χ0n) is 11.5. The molecular formula is C17H21N. The Labute approximate surface area is 110 Å². The molecule has 0 aromatic heterocycles. The number of rotatable bonds is 3. The summed E-state index contributed by atoms with van der Waals surface area (Å²) in [6, 6.07) is 8.90. The van der Waals surface area contributed by atoms with Gasteiger partial charge < -0.3 is 5.32 Å². The average Bonchev–Trinajstić information content (AvgIpc) is 2.34. The Hall–Kier alpha value is -1.76. The molecule has 1 aromatic carbocycles. The van der Waals surface area contributed by atoms with Gasteiger partial charge in [-0.2, -0.15) is 0 Å². The smallest absolute Gasteiger partial charge is 0.0488 e. The fraction of sp³-hybridized carbons (Fsp3) is 0.294. The third-order valence-corrected chi connectivity index (χ3v) is 3.33. The maximum absolute atomic E-state index is 4.05. The van der Waals surface area contributed by atoms with E-state index in [0.29, 0.717) is 6.04 Å². The first-order chi connectivity index (χ1) is 8.56. The van der Waals surface area contributed by atoms with E-state index in [1.54, 1.807) is 0 Å². The van der Waals surface area contributed by atoms with Crippen molar-refractivity contribution in [3.63, 3.8) is 0 Å². The molecule has 0 heterocycles.